The van der Waals surface area contributed by atoms with Gasteiger partial charge in [0.15, 0.2) is 0 Å². The third kappa shape index (κ3) is 2.62. The molecule has 0 aliphatic heterocycles. The molecule has 1 amide bonds. The first-order valence-electron chi connectivity index (χ1n) is 4.30. The zero-order valence-corrected chi connectivity index (χ0v) is 8.33. The fourth-order valence-corrected chi connectivity index (χ4v) is 0.997. The lowest BCUT2D eigenvalue weighted by Gasteiger charge is -2.05. The molecule has 0 saturated heterocycles. The summed E-state index contributed by atoms with van der Waals surface area (Å²) < 4.78 is 4.97. The van der Waals surface area contributed by atoms with Crippen molar-refractivity contribution in [1.29, 1.82) is 0 Å². The predicted octanol–water partition coefficient (Wildman–Crippen LogP) is 2.54. The Kier molecular flexibility index (Phi) is 3.29. The van der Waals surface area contributed by atoms with Gasteiger partial charge in [-0.1, -0.05) is 12.6 Å². The molecule has 14 heavy (non-hydrogen) atoms. The number of hydrogen-bond donors (Lipinski definition) is 1. The topological polar surface area (TPSA) is 38.3 Å². The number of aryl methyl sites for hydroxylation is 2. The maximum atomic E-state index is 11.0. The molecule has 1 N–H and O–H groups in total. The largest absolute Gasteiger partial charge is 0.416 e. The molecule has 0 spiro atoms. The number of carbonyl (C=O) groups excluding carboxylic acids is 1. The first-order chi connectivity index (χ1) is 6.63. The third-order valence-electron chi connectivity index (χ3n) is 1.91. The van der Waals surface area contributed by atoms with Gasteiger partial charge in [-0.15, -0.1) is 0 Å². The van der Waals surface area contributed by atoms with E-state index in [1.54, 1.807) is 6.07 Å². The van der Waals surface area contributed by atoms with E-state index in [2.05, 4.69) is 11.9 Å². The minimum absolute atomic E-state index is 0.525. The van der Waals surface area contributed by atoms with Gasteiger partial charge in [0.1, 0.15) is 5.75 Å². The average molecular weight is 191 g/mol. The molecule has 0 heterocycles. The van der Waals surface area contributed by atoms with E-state index < -0.39 is 6.09 Å². The van der Waals surface area contributed by atoms with Gasteiger partial charge in [-0.05, 0) is 43.3 Å². The predicted molar refractivity (Wildman–Crippen MR) is 55.3 cm³/mol. The Labute approximate surface area is 83.4 Å². The maximum absolute atomic E-state index is 11.0. The van der Waals surface area contributed by atoms with Crippen LogP contribution in [0.4, 0.5) is 4.79 Å². The van der Waals surface area contributed by atoms with Gasteiger partial charge in [-0.25, -0.2) is 4.79 Å². The number of hydrogen-bond acceptors (Lipinski definition) is 2. The summed E-state index contributed by atoms with van der Waals surface area (Å²) in [4.78, 5) is 11.0. The first-order valence-corrected chi connectivity index (χ1v) is 4.30. The molecule has 0 unspecified atom stereocenters. The van der Waals surface area contributed by atoms with Gasteiger partial charge in [0.2, 0.25) is 0 Å². The van der Waals surface area contributed by atoms with Crippen LogP contribution in [-0.4, -0.2) is 6.09 Å². The SMILES string of the molecule is C=CNC(=O)Oc1ccc(C)c(C)c1. The Morgan fingerprint density at radius 3 is 2.71 bits per heavy atom. The van der Waals surface area contributed by atoms with Crippen LogP contribution in [0.15, 0.2) is 31.0 Å². The molecule has 3 nitrogen and oxygen atoms in total. The quantitative estimate of drug-likeness (QED) is 0.780. The van der Waals surface area contributed by atoms with Crippen LogP contribution in [-0.2, 0) is 0 Å². The average Bonchev–Trinajstić information content (AvgIpc) is 2.12. The van der Waals surface area contributed by atoms with E-state index in [0.717, 1.165) is 5.56 Å². The summed E-state index contributed by atoms with van der Waals surface area (Å²) in [6.07, 6.45) is 0.756. The van der Waals surface area contributed by atoms with Gasteiger partial charge < -0.3 is 4.74 Å². The van der Waals surface area contributed by atoms with Gasteiger partial charge in [0.05, 0.1) is 0 Å². The minimum Gasteiger partial charge on any atom is -0.410 e. The lowest BCUT2D eigenvalue weighted by Crippen LogP contribution is -2.20. The van der Waals surface area contributed by atoms with Crippen molar-refractivity contribution in [1.82, 2.24) is 5.32 Å². The van der Waals surface area contributed by atoms with Crippen LogP contribution >= 0.6 is 0 Å². The number of ether oxygens (including phenoxy) is 1. The number of carbonyl (C=O) groups is 1. The van der Waals surface area contributed by atoms with Crippen LogP contribution in [0.1, 0.15) is 11.1 Å². The van der Waals surface area contributed by atoms with Crippen LogP contribution in [0.25, 0.3) is 0 Å². The zero-order chi connectivity index (χ0) is 10.6. The molecule has 1 aromatic carbocycles. The highest BCUT2D eigenvalue weighted by Crippen LogP contribution is 2.16. The summed E-state index contributed by atoms with van der Waals surface area (Å²) in [5.41, 5.74) is 2.26. The van der Waals surface area contributed by atoms with Crippen LogP contribution in [0.3, 0.4) is 0 Å². The lowest BCUT2D eigenvalue weighted by molar-refractivity contribution is 0.204. The van der Waals surface area contributed by atoms with Crippen LogP contribution in [0.2, 0.25) is 0 Å². The van der Waals surface area contributed by atoms with Crippen molar-refractivity contribution in [3.05, 3.63) is 42.1 Å². The highest BCUT2D eigenvalue weighted by atomic mass is 16.5. The second-order valence-corrected chi connectivity index (χ2v) is 2.98. The van der Waals surface area contributed by atoms with Gasteiger partial charge >= 0.3 is 6.09 Å². The van der Waals surface area contributed by atoms with Crippen molar-refractivity contribution in [2.75, 3.05) is 0 Å². The van der Waals surface area contributed by atoms with Crippen LogP contribution in [0.5, 0.6) is 5.75 Å². The van der Waals surface area contributed by atoms with Crippen molar-refractivity contribution in [3.63, 3.8) is 0 Å². The fraction of sp³-hybridized carbons (Fsp3) is 0.182. The highest BCUT2D eigenvalue weighted by molar-refractivity contribution is 5.71. The zero-order valence-electron chi connectivity index (χ0n) is 8.33. The van der Waals surface area contributed by atoms with E-state index in [1.807, 2.05) is 26.0 Å². The molecule has 3 heteroatoms. The normalized spacial score (nSPS) is 9.29. The molecule has 74 valence electrons. The second kappa shape index (κ2) is 4.46. The van der Waals surface area contributed by atoms with Gasteiger partial charge in [0, 0.05) is 0 Å². The standard InChI is InChI=1S/C11H13NO2/c1-4-12-11(13)14-10-6-5-8(2)9(3)7-10/h4-7H,1H2,2-3H3,(H,12,13). The van der Waals surface area contributed by atoms with E-state index in [0.29, 0.717) is 5.75 Å². The van der Waals surface area contributed by atoms with Crippen LogP contribution < -0.4 is 10.1 Å². The monoisotopic (exact) mass is 191 g/mol. The van der Waals surface area contributed by atoms with E-state index in [4.69, 9.17) is 4.74 Å². The number of benzene rings is 1. The Morgan fingerprint density at radius 1 is 1.43 bits per heavy atom. The number of rotatable bonds is 2. The Morgan fingerprint density at radius 2 is 2.14 bits per heavy atom. The molecule has 0 aromatic heterocycles. The van der Waals surface area contributed by atoms with Crippen LogP contribution in [0, 0.1) is 13.8 Å². The second-order valence-electron chi connectivity index (χ2n) is 2.98. The molecule has 0 bridgehead atoms. The van der Waals surface area contributed by atoms with Gasteiger partial charge in [-0.2, -0.15) is 0 Å². The van der Waals surface area contributed by atoms with E-state index in [-0.39, 0.29) is 0 Å². The summed E-state index contributed by atoms with van der Waals surface area (Å²) in [6, 6.07) is 5.48. The Bertz CT molecular complexity index is 358. The molecule has 0 aliphatic carbocycles. The summed E-state index contributed by atoms with van der Waals surface area (Å²) in [7, 11) is 0. The van der Waals surface area contributed by atoms with Crippen molar-refractivity contribution in [2.24, 2.45) is 0 Å². The molecule has 0 saturated carbocycles. The summed E-state index contributed by atoms with van der Waals surface area (Å²) in [5.74, 6) is 0.535. The molecule has 0 aliphatic rings. The fourth-order valence-electron chi connectivity index (χ4n) is 0.997. The Hall–Kier alpha value is -1.77. The van der Waals surface area contributed by atoms with Crippen molar-refractivity contribution < 1.29 is 9.53 Å². The molecular formula is C11H13NO2. The molecule has 1 aromatic rings. The lowest BCUT2D eigenvalue weighted by atomic mass is 10.1. The van der Waals surface area contributed by atoms with Crippen molar-refractivity contribution >= 4 is 6.09 Å². The first kappa shape index (κ1) is 10.3. The molecule has 0 atom stereocenters. The molecule has 1 rings (SSSR count). The third-order valence-corrected chi connectivity index (χ3v) is 1.91. The molecular weight excluding hydrogens is 178 g/mol. The Balaban J connectivity index is 2.72. The number of nitrogens with one attached hydrogen (secondary N) is 1. The number of amides is 1. The molecule has 0 fully saturated rings. The summed E-state index contributed by atoms with van der Waals surface area (Å²) in [6.45, 7) is 7.33. The minimum atomic E-state index is -0.525. The van der Waals surface area contributed by atoms with E-state index >= 15 is 0 Å². The summed E-state index contributed by atoms with van der Waals surface area (Å²) >= 11 is 0. The van der Waals surface area contributed by atoms with Crippen molar-refractivity contribution in [3.8, 4) is 5.75 Å². The van der Waals surface area contributed by atoms with Crippen molar-refractivity contribution in [2.45, 2.75) is 13.8 Å². The van der Waals surface area contributed by atoms with Gasteiger partial charge in [-0.3, -0.25) is 5.32 Å². The van der Waals surface area contributed by atoms with E-state index in [1.165, 1.54) is 11.8 Å². The van der Waals surface area contributed by atoms with Gasteiger partial charge in [0.25, 0.3) is 0 Å². The smallest absolute Gasteiger partial charge is 0.410 e. The maximum Gasteiger partial charge on any atom is 0.416 e. The molecule has 0 radical (unpaired) electrons. The van der Waals surface area contributed by atoms with E-state index in [9.17, 15) is 4.79 Å². The summed E-state index contributed by atoms with van der Waals surface area (Å²) in [5, 5.41) is 2.33. The highest BCUT2D eigenvalue weighted by Gasteiger charge is 2.02.